The van der Waals surface area contributed by atoms with Crippen molar-refractivity contribution in [3.63, 3.8) is 0 Å². The van der Waals surface area contributed by atoms with Gasteiger partial charge >= 0.3 is 5.97 Å². The summed E-state index contributed by atoms with van der Waals surface area (Å²) in [5.74, 6) is -0.267. The third-order valence-electron chi connectivity index (χ3n) is 7.70. The lowest BCUT2D eigenvalue weighted by Crippen LogP contribution is -2.21. The molecule has 1 unspecified atom stereocenters. The van der Waals surface area contributed by atoms with Crippen LogP contribution >= 0.6 is 0 Å². The number of allylic oxidation sites excluding steroid dienone is 1. The molecule has 0 spiro atoms. The highest BCUT2D eigenvalue weighted by molar-refractivity contribution is 5.97. The lowest BCUT2D eigenvalue weighted by molar-refractivity contribution is 0.0702. The van der Waals surface area contributed by atoms with Crippen molar-refractivity contribution in [1.82, 2.24) is 0 Å². The minimum Gasteiger partial charge on any atom is -0.489 e. The van der Waals surface area contributed by atoms with E-state index >= 15 is 0 Å². The molecule has 0 bridgehead atoms. The van der Waals surface area contributed by atoms with Crippen LogP contribution in [-0.4, -0.2) is 5.97 Å². The molecule has 5 aromatic rings. The van der Waals surface area contributed by atoms with Gasteiger partial charge in [-0.1, -0.05) is 36.4 Å². The number of ether oxygens (including phenoxy) is 3. The molecule has 6 rings (SSSR count). The van der Waals surface area contributed by atoms with Gasteiger partial charge in [0.25, 0.3) is 0 Å². The van der Waals surface area contributed by atoms with Crippen LogP contribution < -0.4 is 19.9 Å². The summed E-state index contributed by atoms with van der Waals surface area (Å²) in [4.78, 5) is 13.1. The second kappa shape index (κ2) is 11.0. The van der Waals surface area contributed by atoms with E-state index in [2.05, 4.69) is 6.07 Å². The van der Waals surface area contributed by atoms with Crippen LogP contribution in [0.25, 0.3) is 11.0 Å². The number of aryl methyl sites for hydroxylation is 3. The van der Waals surface area contributed by atoms with Gasteiger partial charge < -0.3 is 24.4 Å². The van der Waals surface area contributed by atoms with E-state index in [0.29, 0.717) is 33.8 Å². The van der Waals surface area contributed by atoms with Crippen molar-refractivity contribution in [2.75, 3.05) is 0 Å². The normalized spacial score (nSPS) is 14.2. The Morgan fingerprint density at radius 1 is 0.977 bits per heavy atom. The maximum atomic E-state index is 14.0. The number of halogens is 1. The molecule has 4 aromatic carbocycles. The van der Waals surface area contributed by atoms with Crippen molar-refractivity contribution in [3.8, 4) is 23.3 Å². The number of carbonyl (C=O) groups excluding carboxylic acids is 1. The van der Waals surface area contributed by atoms with Crippen LogP contribution in [-0.2, 0) is 6.61 Å². The van der Waals surface area contributed by atoms with Crippen molar-refractivity contribution in [2.45, 2.75) is 33.3 Å². The summed E-state index contributed by atoms with van der Waals surface area (Å²) in [6, 6.07) is 24.6. The van der Waals surface area contributed by atoms with Crippen LogP contribution in [0.4, 0.5) is 4.39 Å². The summed E-state index contributed by atoms with van der Waals surface area (Å²) >= 11 is 0. The fourth-order valence-electron chi connectivity index (χ4n) is 5.20. The smallest absolute Gasteiger partial charge is 0.379 e. The van der Waals surface area contributed by atoms with Crippen LogP contribution in [0.15, 0.2) is 94.7 Å². The van der Waals surface area contributed by atoms with Gasteiger partial charge in [-0.05, 0) is 73.9 Å². The van der Waals surface area contributed by atoms with Crippen molar-refractivity contribution >= 4 is 16.9 Å². The summed E-state index contributed by atoms with van der Waals surface area (Å²) in [6.45, 7) is 5.90. The number of nitrogens with two attached hydrogens (primary N) is 1. The minimum absolute atomic E-state index is 0.0396. The number of furan rings is 1. The third-order valence-corrected chi connectivity index (χ3v) is 7.70. The van der Waals surface area contributed by atoms with E-state index in [-0.39, 0.29) is 35.4 Å². The van der Waals surface area contributed by atoms with Gasteiger partial charge in [0.1, 0.15) is 46.9 Å². The van der Waals surface area contributed by atoms with Crippen LogP contribution in [0, 0.1) is 37.9 Å². The molecule has 8 heteroatoms. The van der Waals surface area contributed by atoms with Gasteiger partial charge in [-0.15, -0.1) is 0 Å². The largest absolute Gasteiger partial charge is 0.489 e. The molecule has 1 aliphatic rings. The quantitative estimate of drug-likeness (QED) is 0.165. The molecule has 2 N–H and O–H groups in total. The maximum Gasteiger partial charge on any atom is 0.379 e. The molecule has 0 aliphatic carbocycles. The zero-order valence-corrected chi connectivity index (χ0v) is 23.7. The second-order valence-corrected chi connectivity index (χ2v) is 10.5. The summed E-state index contributed by atoms with van der Waals surface area (Å²) < 4.78 is 37.1. The van der Waals surface area contributed by atoms with Crippen LogP contribution in [0.5, 0.6) is 17.2 Å². The first-order valence-electron chi connectivity index (χ1n) is 13.6. The number of esters is 1. The predicted molar refractivity (Wildman–Crippen MR) is 158 cm³/mol. The second-order valence-electron chi connectivity index (χ2n) is 10.5. The first kappa shape index (κ1) is 27.6. The number of fused-ring (bicyclic) bond motifs is 2. The van der Waals surface area contributed by atoms with Crippen molar-refractivity contribution in [1.29, 1.82) is 5.26 Å². The van der Waals surface area contributed by atoms with E-state index in [0.717, 1.165) is 22.1 Å². The van der Waals surface area contributed by atoms with Crippen molar-refractivity contribution < 1.29 is 27.8 Å². The van der Waals surface area contributed by atoms with E-state index in [1.807, 2.05) is 45.0 Å². The van der Waals surface area contributed by atoms with Gasteiger partial charge in [-0.25, -0.2) is 9.18 Å². The van der Waals surface area contributed by atoms with Gasteiger partial charge in [-0.2, -0.15) is 5.26 Å². The zero-order chi connectivity index (χ0) is 30.2. The molecule has 2 heterocycles. The first-order valence-corrected chi connectivity index (χ1v) is 13.6. The number of nitrogens with zero attached hydrogens (tertiary/aromatic N) is 1. The Balaban J connectivity index is 1.25. The molecule has 1 aromatic heterocycles. The zero-order valence-electron chi connectivity index (χ0n) is 23.7. The molecule has 214 valence electrons. The lowest BCUT2D eigenvalue weighted by atomic mass is 9.83. The molecule has 1 aliphatic heterocycles. The van der Waals surface area contributed by atoms with E-state index in [9.17, 15) is 14.4 Å². The number of rotatable bonds is 6. The monoisotopic (exact) mass is 574 g/mol. The van der Waals surface area contributed by atoms with E-state index in [1.54, 1.807) is 48.5 Å². The lowest BCUT2D eigenvalue weighted by Gasteiger charge is -2.26. The van der Waals surface area contributed by atoms with Gasteiger partial charge in [0, 0.05) is 28.1 Å². The first-order chi connectivity index (χ1) is 20.7. The molecule has 0 radical (unpaired) electrons. The summed E-state index contributed by atoms with van der Waals surface area (Å²) in [7, 11) is 0. The molecule has 0 fully saturated rings. The Morgan fingerprint density at radius 2 is 1.70 bits per heavy atom. The molecule has 7 nitrogen and oxygen atoms in total. The number of hydrogen-bond donors (Lipinski definition) is 1. The standard InChI is InChI=1S/C35H27FN2O5/c1-19-14-27-21(3)33(42-30(27)15-20(19)2)35(39)41-25-12-13-26-31(16-25)43-34(38)28(17-37)32(26)22-8-10-24(11-9-22)40-18-23-6-4-5-7-29(23)36/h4-16,32H,18,38H2,1-3H3. The molecular formula is C35H27FN2O5. The van der Waals surface area contributed by atoms with Gasteiger partial charge in [0.05, 0.1) is 5.92 Å². The maximum absolute atomic E-state index is 14.0. The summed E-state index contributed by atoms with van der Waals surface area (Å²) in [5.41, 5.74) is 11.8. The van der Waals surface area contributed by atoms with Gasteiger partial charge in [-0.3, -0.25) is 0 Å². The van der Waals surface area contributed by atoms with Crippen molar-refractivity contribution in [3.05, 3.63) is 135 Å². The molecule has 0 amide bonds. The Morgan fingerprint density at radius 3 is 2.44 bits per heavy atom. The van der Waals surface area contributed by atoms with E-state index in [1.165, 1.54) is 6.07 Å². The summed E-state index contributed by atoms with van der Waals surface area (Å²) in [6.07, 6.45) is 0. The minimum atomic E-state index is -0.636. The van der Waals surface area contributed by atoms with Gasteiger partial charge in [0.2, 0.25) is 11.6 Å². The highest BCUT2D eigenvalue weighted by Gasteiger charge is 2.31. The Bertz CT molecular complexity index is 1970. The SMILES string of the molecule is Cc1cc2oc(C(=O)Oc3ccc4c(c3)OC(N)=C(C#N)C4c3ccc(OCc4ccccc4F)cc3)c(C)c2cc1C. The fraction of sp³-hybridized carbons (Fsp3) is 0.143. The average Bonchev–Trinajstić information content (AvgIpc) is 3.31. The van der Waals surface area contributed by atoms with E-state index in [4.69, 9.17) is 24.4 Å². The number of carbonyl (C=O) groups is 1. The van der Waals surface area contributed by atoms with Gasteiger partial charge in [0.15, 0.2) is 0 Å². The third kappa shape index (κ3) is 5.17. The van der Waals surface area contributed by atoms with E-state index < -0.39 is 11.9 Å². The predicted octanol–water partition coefficient (Wildman–Crippen LogP) is 7.51. The fourth-order valence-corrected chi connectivity index (χ4v) is 5.20. The molecule has 43 heavy (non-hydrogen) atoms. The van der Waals surface area contributed by atoms with Crippen LogP contribution in [0.3, 0.4) is 0 Å². The molecule has 1 atom stereocenters. The topological polar surface area (TPSA) is 108 Å². The molecule has 0 saturated heterocycles. The van der Waals surface area contributed by atoms with Crippen LogP contribution in [0.2, 0.25) is 0 Å². The summed E-state index contributed by atoms with van der Waals surface area (Å²) in [5, 5.41) is 10.8. The highest BCUT2D eigenvalue weighted by Crippen LogP contribution is 2.44. The Hall–Kier alpha value is -5.55. The molecular weight excluding hydrogens is 547 g/mol. The Labute approximate surface area is 247 Å². The van der Waals surface area contributed by atoms with Crippen molar-refractivity contribution in [2.24, 2.45) is 5.73 Å². The van der Waals surface area contributed by atoms with Crippen LogP contribution in [0.1, 0.15) is 49.9 Å². The molecule has 0 saturated carbocycles. The number of hydrogen-bond acceptors (Lipinski definition) is 7. The average molecular weight is 575 g/mol. The number of benzene rings is 4. The Kier molecular flexibility index (Phi) is 7.08. The highest BCUT2D eigenvalue weighted by atomic mass is 19.1. The number of nitriles is 1.